The number of fused-ring (bicyclic) bond motifs is 1. The molecule has 0 saturated carbocycles. The van der Waals surface area contributed by atoms with Crippen LogP contribution >= 0.6 is 35.2 Å². The summed E-state index contributed by atoms with van der Waals surface area (Å²) in [6.45, 7) is -0.774. The Morgan fingerprint density at radius 2 is 2.14 bits per heavy atom. The van der Waals surface area contributed by atoms with E-state index in [9.17, 15) is 13.6 Å². The molecular formula is C19H19ClF2N2O3S2. The first-order valence-corrected chi connectivity index (χ1v) is 10.4. The molecule has 2 N–H and O–H groups in total. The number of hydrogen-bond acceptors (Lipinski definition) is 5. The Morgan fingerprint density at radius 1 is 1.38 bits per heavy atom. The van der Waals surface area contributed by atoms with Gasteiger partial charge in [0.15, 0.2) is 5.11 Å². The van der Waals surface area contributed by atoms with Crippen molar-refractivity contribution in [2.45, 2.75) is 32.8 Å². The van der Waals surface area contributed by atoms with Gasteiger partial charge < -0.3 is 20.1 Å². The molecule has 0 bridgehead atoms. The predicted octanol–water partition coefficient (Wildman–Crippen LogP) is 5.72. The predicted molar refractivity (Wildman–Crippen MR) is 115 cm³/mol. The lowest BCUT2D eigenvalue weighted by Gasteiger charge is -2.18. The van der Waals surface area contributed by atoms with Crippen LogP contribution in [-0.4, -0.2) is 24.8 Å². The van der Waals surface area contributed by atoms with Gasteiger partial charge in [0.2, 0.25) is 0 Å². The van der Waals surface area contributed by atoms with Gasteiger partial charge in [-0.25, -0.2) is 4.79 Å². The summed E-state index contributed by atoms with van der Waals surface area (Å²) >= 11 is 12.8. The second-order valence-corrected chi connectivity index (χ2v) is 8.57. The van der Waals surface area contributed by atoms with E-state index in [1.807, 2.05) is 0 Å². The third-order valence-corrected chi connectivity index (χ3v) is 6.20. The molecule has 0 radical (unpaired) electrons. The van der Waals surface area contributed by atoms with Crippen LogP contribution in [0.1, 0.15) is 34.1 Å². The smallest absolute Gasteiger partial charge is 0.387 e. The number of thiophene rings is 1. The van der Waals surface area contributed by atoms with Crippen LogP contribution in [0, 0.1) is 5.92 Å². The summed E-state index contributed by atoms with van der Waals surface area (Å²) in [4.78, 5) is 13.5. The highest BCUT2D eigenvalue weighted by atomic mass is 35.5. The molecule has 0 aliphatic heterocycles. The third kappa shape index (κ3) is 5.15. The van der Waals surface area contributed by atoms with E-state index < -0.39 is 12.6 Å². The van der Waals surface area contributed by atoms with Crippen LogP contribution in [0.4, 0.5) is 19.5 Å². The zero-order valence-electron chi connectivity index (χ0n) is 15.7. The van der Waals surface area contributed by atoms with Gasteiger partial charge in [-0.1, -0.05) is 18.5 Å². The average molecular weight is 461 g/mol. The summed E-state index contributed by atoms with van der Waals surface area (Å²) in [5.74, 6) is 0.0266. The maximum Gasteiger partial charge on any atom is 0.387 e. The molecule has 0 saturated heterocycles. The quantitative estimate of drug-likeness (QED) is 0.439. The first-order chi connectivity index (χ1) is 13.8. The number of esters is 1. The van der Waals surface area contributed by atoms with Gasteiger partial charge in [0.1, 0.15) is 10.8 Å². The number of thiocarbonyl (C=S) groups is 1. The van der Waals surface area contributed by atoms with Crippen molar-refractivity contribution in [3.8, 4) is 5.75 Å². The Morgan fingerprint density at radius 3 is 2.79 bits per heavy atom. The Hall–Kier alpha value is -1.97. The van der Waals surface area contributed by atoms with E-state index in [0.29, 0.717) is 22.2 Å². The maximum atomic E-state index is 12.3. The summed E-state index contributed by atoms with van der Waals surface area (Å²) in [5.41, 5.74) is 2.02. The molecule has 0 amide bonds. The number of alkyl halides is 2. The Kier molecular flexibility index (Phi) is 6.92. The molecule has 156 valence electrons. The molecule has 10 heteroatoms. The third-order valence-electron chi connectivity index (χ3n) is 4.53. The van der Waals surface area contributed by atoms with Crippen LogP contribution in [0.15, 0.2) is 18.2 Å². The van der Waals surface area contributed by atoms with Crippen molar-refractivity contribution in [1.29, 1.82) is 0 Å². The van der Waals surface area contributed by atoms with Crippen molar-refractivity contribution in [1.82, 2.24) is 0 Å². The lowest BCUT2D eigenvalue weighted by Crippen LogP contribution is -2.20. The zero-order valence-corrected chi connectivity index (χ0v) is 18.1. The maximum absolute atomic E-state index is 12.3. The Bertz CT molecular complexity index is 936. The van der Waals surface area contributed by atoms with Crippen LogP contribution in [-0.2, 0) is 17.6 Å². The summed E-state index contributed by atoms with van der Waals surface area (Å²) in [7, 11) is 1.35. The van der Waals surface area contributed by atoms with Gasteiger partial charge >= 0.3 is 12.6 Å². The number of rotatable bonds is 5. The first-order valence-electron chi connectivity index (χ1n) is 8.83. The van der Waals surface area contributed by atoms with E-state index in [-0.39, 0.29) is 15.9 Å². The fourth-order valence-electron chi connectivity index (χ4n) is 3.19. The number of nitrogens with one attached hydrogen (secondary N) is 2. The molecule has 29 heavy (non-hydrogen) atoms. The molecular weight excluding hydrogens is 442 g/mol. The standard InChI is InChI=1S/C19H19ClF2N2O3S2/c1-9-3-5-11-14(7-9)29-16(15(11)17(25)26-2)24-19(28)23-10-4-6-13(12(20)8-10)27-18(21)22/h4,6,8-9,18H,3,5,7H2,1-2H3,(H2,23,24,28)/t9-/m0/s1. The number of anilines is 2. The van der Waals surface area contributed by atoms with E-state index in [1.54, 1.807) is 0 Å². The summed E-state index contributed by atoms with van der Waals surface area (Å²) < 4.78 is 34.0. The van der Waals surface area contributed by atoms with Gasteiger partial charge in [0, 0.05) is 10.6 Å². The molecule has 5 nitrogen and oxygen atoms in total. The second-order valence-electron chi connectivity index (χ2n) is 6.65. The molecule has 1 aliphatic carbocycles. The van der Waals surface area contributed by atoms with Crippen molar-refractivity contribution < 1.29 is 23.0 Å². The van der Waals surface area contributed by atoms with Gasteiger partial charge in [-0.15, -0.1) is 11.3 Å². The van der Waals surface area contributed by atoms with Gasteiger partial charge in [0.25, 0.3) is 0 Å². The van der Waals surface area contributed by atoms with Crippen molar-refractivity contribution >= 4 is 56.9 Å². The van der Waals surface area contributed by atoms with E-state index in [0.717, 1.165) is 29.7 Å². The SMILES string of the molecule is COC(=O)c1c(NC(=S)Nc2ccc(OC(F)F)c(Cl)c2)sc2c1CC[C@H](C)C2. The lowest BCUT2D eigenvalue weighted by atomic mass is 9.88. The zero-order chi connectivity index (χ0) is 21.1. The van der Waals surface area contributed by atoms with E-state index in [1.165, 1.54) is 36.6 Å². The number of halogens is 3. The average Bonchev–Trinajstić information content (AvgIpc) is 2.99. The van der Waals surface area contributed by atoms with Crippen LogP contribution in [0.25, 0.3) is 0 Å². The van der Waals surface area contributed by atoms with Gasteiger partial charge in [-0.05, 0) is 61.2 Å². The monoisotopic (exact) mass is 460 g/mol. The molecule has 1 heterocycles. The first kappa shape index (κ1) is 21.7. The number of benzene rings is 1. The summed E-state index contributed by atoms with van der Waals surface area (Å²) in [5, 5.41) is 6.87. The van der Waals surface area contributed by atoms with Gasteiger partial charge in [-0.2, -0.15) is 8.78 Å². The minimum atomic E-state index is -2.96. The van der Waals surface area contributed by atoms with E-state index in [4.69, 9.17) is 28.6 Å². The molecule has 1 atom stereocenters. The normalized spacial score (nSPS) is 15.6. The number of ether oxygens (including phenoxy) is 2. The number of carbonyl (C=O) groups is 1. The van der Waals surface area contributed by atoms with Crippen LogP contribution in [0.2, 0.25) is 5.02 Å². The van der Waals surface area contributed by atoms with Crippen molar-refractivity contribution in [3.63, 3.8) is 0 Å². The molecule has 0 spiro atoms. The van der Waals surface area contributed by atoms with Gasteiger partial charge in [0.05, 0.1) is 17.7 Å². The minimum Gasteiger partial charge on any atom is -0.465 e. The molecule has 1 aromatic carbocycles. The molecule has 0 unspecified atom stereocenters. The minimum absolute atomic E-state index is 0.0222. The number of carbonyl (C=O) groups excluding carboxylic acids is 1. The van der Waals surface area contributed by atoms with E-state index in [2.05, 4.69) is 22.3 Å². The Labute approximate surface area is 181 Å². The van der Waals surface area contributed by atoms with Crippen LogP contribution in [0.3, 0.4) is 0 Å². The molecule has 0 fully saturated rings. The highest BCUT2D eigenvalue weighted by molar-refractivity contribution is 7.80. The fraction of sp³-hybridized carbons (Fsp3) is 0.368. The molecule has 3 rings (SSSR count). The molecule has 2 aromatic rings. The van der Waals surface area contributed by atoms with Crippen LogP contribution < -0.4 is 15.4 Å². The summed E-state index contributed by atoms with van der Waals surface area (Å²) in [6, 6.07) is 4.26. The highest BCUT2D eigenvalue weighted by Gasteiger charge is 2.28. The topological polar surface area (TPSA) is 59.6 Å². The van der Waals surface area contributed by atoms with Gasteiger partial charge in [-0.3, -0.25) is 0 Å². The summed E-state index contributed by atoms with van der Waals surface area (Å²) in [6.07, 6.45) is 2.75. The lowest BCUT2D eigenvalue weighted by molar-refractivity contribution is -0.0497. The number of hydrogen-bond donors (Lipinski definition) is 2. The number of methoxy groups -OCH3 is 1. The second kappa shape index (κ2) is 9.23. The van der Waals surface area contributed by atoms with Crippen molar-refractivity contribution in [2.24, 2.45) is 5.92 Å². The Balaban J connectivity index is 1.77. The highest BCUT2D eigenvalue weighted by Crippen LogP contribution is 2.40. The molecule has 1 aromatic heterocycles. The fourth-order valence-corrected chi connectivity index (χ4v) is 5.11. The van der Waals surface area contributed by atoms with Crippen LogP contribution in [0.5, 0.6) is 5.75 Å². The molecule has 1 aliphatic rings. The van der Waals surface area contributed by atoms with E-state index >= 15 is 0 Å². The van der Waals surface area contributed by atoms with Crippen molar-refractivity contribution in [3.05, 3.63) is 39.2 Å². The largest absolute Gasteiger partial charge is 0.465 e. The van der Waals surface area contributed by atoms with Crippen molar-refractivity contribution in [2.75, 3.05) is 17.7 Å².